The van der Waals surface area contributed by atoms with Crippen LogP contribution in [0.3, 0.4) is 0 Å². The molecule has 12 N–H and O–H groups in total. The first-order valence-electron chi connectivity index (χ1n) is 19.0. The Bertz CT molecular complexity index is 1360. The maximum Gasteiger partial charge on any atom is 3.00 e. The smallest absolute Gasteiger partial charge is 0.549 e. The number of amides is 2. The molecule has 0 heterocycles. The molecule has 65 heavy (non-hydrogen) atoms. The number of carbonyl (C=O) groups excluding carboxylic acids is 7. The summed E-state index contributed by atoms with van der Waals surface area (Å²) in [5.74, 6) is -7.97. The molecule has 2 amide bonds. The minimum absolute atomic E-state index is 0. The molecule has 31 heteroatoms. The number of esters is 2. The maximum atomic E-state index is 12.5. The van der Waals surface area contributed by atoms with E-state index in [1.807, 2.05) is 0 Å². The molecule has 0 saturated carbocycles. The normalized spacial score (nSPS) is 14.1. The molecule has 30 nitrogen and oxygen atoms in total. The van der Waals surface area contributed by atoms with Gasteiger partial charge in [0.05, 0.1) is 69.5 Å². The molecule has 0 aromatic heterocycles. The van der Waals surface area contributed by atoms with E-state index in [1.165, 1.54) is 4.90 Å². The molecular formula is C34H58GdN7O23. The standard InChI is InChI=1S/C34H59N7O22.Gd.H2O/c42-18-24(46)33(58)22(44)1-3-37-62-20-31(56)60-11-5-35-26(48)13-40(16-29(52)53)9-7-39(15-28(50)51)8-10-41(17-30(54)55)14-27(49)36-6-12-61-32(57)21-63-38-4-2-23(45)34(59)25(47)19-43;;/h3-4,22-25,33-34,42-47,58-59H,1-2,5-21H2,(H,35,48)(H,36,49)(H,50,51)(H,52,53)(H,54,55);;1H2/q;+3;/p-3/b37-3+,38-4+;;/t22-,23-,24+,25+,33+,34+;;/m0../s1. The molecule has 0 aliphatic carbocycles. The van der Waals surface area contributed by atoms with Crippen LogP contribution in [0.25, 0.3) is 0 Å². The van der Waals surface area contributed by atoms with Crippen LogP contribution in [0.1, 0.15) is 12.8 Å². The third-order valence-electron chi connectivity index (χ3n) is 7.94. The zero-order chi connectivity index (χ0) is 47.7. The van der Waals surface area contributed by atoms with Gasteiger partial charge in [0.15, 0.2) is 0 Å². The zero-order valence-electron chi connectivity index (χ0n) is 34.9. The van der Waals surface area contributed by atoms with Crippen LogP contribution in [0.2, 0.25) is 0 Å². The molecule has 0 aromatic carbocycles. The van der Waals surface area contributed by atoms with Gasteiger partial charge in [0, 0.05) is 71.1 Å². The second-order valence-electron chi connectivity index (χ2n) is 13.2. The van der Waals surface area contributed by atoms with Crippen LogP contribution in [0, 0.1) is 39.9 Å². The summed E-state index contributed by atoms with van der Waals surface area (Å²) >= 11 is 0. The van der Waals surface area contributed by atoms with Crippen LogP contribution < -0.4 is 26.0 Å². The molecule has 0 fully saturated rings. The van der Waals surface area contributed by atoms with Gasteiger partial charge < -0.3 is 106 Å². The van der Waals surface area contributed by atoms with E-state index < -0.39 is 137 Å². The topological polar surface area (TPSA) is 477 Å². The second kappa shape index (κ2) is 39.3. The number of carboxylic acid groups (broad SMARTS) is 3. The molecular weight excluding hydrogens is 1030 g/mol. The number of carboxylic acids is 3. The van der Waals surface area contributed by atoms with Crippen molar-refractivity contribution in [3.63, 3.8) is 0 Å². The van der Waals surface area contributed by atoms with E-state index in [4.69, 9.17) is 19.7 Å². The summed E-state index contributed by atoms with van der Waals surface area (Å²) in [7, 11) is 0. The SMILES string of the molecule is O.O=C([O-])CN(CCN(CC(=O)[O-])CC(=O)NCCOC(=O)CO/N=C/C[C@H](O)[C@@H](O)[C@H](O)CO)CCN(CC(=O)[O-])CC(=O)NCCOC(=O)CO/N=C/C[C@H](O)[C@@H](O)[C@H](O)CO.[Gd+3]. The summed E-state index contributed by atoms with van der Waals surface area (Å²) < 4.78 is 9.70. The Balaban J connectivity index is -0.0000192. The molecule has 6 atom stereocenters. The number of aliphatic hydroxyl groups is 8. The first-order valence-corrected chi connectivity index (χ1v) is 19.0. The molecule has 0 aliphatic rings. The van der Waals surface area contributed by atoms with Crippen molar-refractivity contribution in [1.29, 1.82) is 0 Å². The van der Waals surface area contributed by atoms with E-state index in [-0.39, 0.29) is 111 Å². The van der Waals surface area contributed by atoms with Crippen molar-refractivity contribution in [2.24, 2.45) is 10.3 Å². The number of aliphatic carboxylic acids is 3. The van der Waals surface area contributed by atoms with Crippen LogP contribution in [-0.2, 0) is 52.7 Å². The molecule has 0 bridgehead atoms. The Hall–Kier alpha value is -3.93. The molecule has 0 spiro atoms. The van der Waals surface area contributed by atoms with E-state index in [1.54, 1.807) is 0 Å². The van der Waals surface area contributed by atoms with Crippen molar-refractivity contribution in [3.05, 3.63) is 0 Å². The Morgan fingerprint density at radius 3 is 1.18 bits per heavy atom. The number of nitrogens with zero attached hydrogens (tertiary/aromatic N) is 5. The van der Waals surface area contributed by atoms with Gasteiger partial charge in [-0.2, -0.15) is 0 Å². The predicted octanol–water partition coefficient (Wildman–Crippen LogP) is -13.4. The fourth-order valence-electron chi connectivity index (χ4n) is 4.72. The van der Waals surface area contributed by atoms with Crippen molar-refractivity contribution >= 4 is 54.1 Å². The van der Waals surface area contributed by atoms with Crippen LogP contribution in [0.5, 0.6) is 0 Å². The maximum absolute atomic E-state index is 12.5. The Morgan fingerprint density at radius 1 is 0.538 bits per heavy atom. The van der Waals surface area contributed by atoms with E-state index in [9.17, 15) is 79.5 Å². The van der Waals surface area contributed by atoms with Crippen LogP contribution in [0.4, 0.5) is 0 Å². The van der Waals surface area contributed by atoms with E-state index in [0.717, 1.165) is 22.2 Å². The summed E-state index contributed by atoms with van der Waals surface area (Å²) in [6, 6.07) is 0. The Labute approximate surface area is 403 Å². The monoisotopic (exact) mass is 1090 g/mol. The second-order valence-corrected chi connectivity index (χ2v) is 13.2. The molecule has 0 unspecified atom stereocenters. The van der Waals surface area contributed by atoms with E-state index in [0.29, 0.717) is 0 Å². The average molecular weight is 1090 g/mol. The summed E-state index contributed by atoms with van der Waals surface area (Å²) in [4.78, 5) is 95.5. The molecule has 0 aliphatic heterocycles. The molecule has 0 rings (SSSR count). The number of rotatable bonds is 38. The van der Waals surface area contributed by atoms with Crippen LogP contribution in [-0.4, -0.2) is 263 Å². The third kappa shape index (κ3) is 35.0. The van der Waals surface area contributed by atoms with Gasteiger partial charge >= 0.3 is 51.9 Å². The Morgan fingerprint density at radius 2 is 0.862 bits per heavy atom. The molecule has 375 valence electrons. The predicted molar refractivity (Wildman–Crippen MR) is 204 cm³/mol. The van der Waals surface area contributed by atoms with Gasteiger partial charge in [-0.25, -0.2) is 9.59 Å². The number of carbonyl (C=O) groups is 7. The van der Waals surface area contributed by atoms with Gasteiger partial charge in [0.25, 0.3) is 0 Å². The molecule has 0 aromatic rings. The first kappa shape index (κ1) is 65.4. The van der Waals surface area contributed by atoms with Gasteiger partial charge in [-0.3, -0.25) is 24.3 Å². The average Bonchev–Trinajstić information content (AvgIpc) is 3.22. The number of hydrogen-bond donors (Lipinski definition) is 10. The minimum Gasteiger partial charge on any atom is -0.549 e. The van der Waals surface area contributed by atoms with Crippen molar-refractivity contribution in [1.82, 2.24) is 25.3 Å². The van der Waals surface area contributed by atoms with Crippen molar-refractivity contribution < 1.29 is 154 Å². The fourth-order valence-corrected chi connectivity index (χ4v) is 4.72. The van der Waals surface area contributed by atoms with E-state index >= 15 is 0 Å². The largest absolute Gasteiger partial charge is 3.00 e. The van der Waals surface area contributed by atoms with Gasteiger partial charge in [-0.15, -0.1) is 0 Å². The van der Waals surface area contributed by atoms with Crippen molar-refractivity contribution in [2.75, 3.05) is 112 Å². The van der Waals surface area contributed by atoms with Gasteiger partial charge in [-0.05, 0) is 0 Å². The van der Waals surface area contributed by atoms with Gasteiger partial charge in [-0.1, -0.05) is 10.3 Å². The third-order valence-corrected chi connectivity index (χ3v) is 7.94. The summed E-state index contributed by atoms with van der Waals surface area (Å²) in [5.41, 5.74) is 0. The summed E-state index contributed by atoms with van der Waals surface area (Å²) in [6.07, 6.45) is -8.01. The zero-order valence-corrected chi connectivity index (χ0v) is 37.2. The molecule has 1 radical (unpaired) electrons. The summed E-state index contributed by atoms with van der Waals surface area (Å²) in [6.45, 7) is -8.17. The number of aliphatic hydroxyl groups excluding tert-OH is 8. The van der Waals surface area contributed by atoms with Crippen molar-refractivity contribution in [2.45, 2.75) is 49.5 Å². The number of ether oxygens (including phenoxy) is 2. The number of nitrogens with one attached hydrogen (secondary N) is 2. The number of oxime groups is 2. The van der Waals surface area contributed by atoms with Gasteiger partial charge in [0.2, 0.25) is 25.0 Å². The quantitative estimate of drug-likeness (QED) is 0.0119. The van der Waals surface area contributed by atoms with Crippen LogP contribution in [0.15, 0.2) is 10.3 Å². The first-order chi connectivity index (χ1) is 29.8. The summed E-state index contributed by atoms with van der Waals surface area (Å²) in [5, 5.41) is 120. The number of hydrogen-bond acceptors (Lipinski definition) is 27. The molecule has 0 saturated heterocycles. The van der Waals surface area contributed by atoms with Crippen LogP contribution >= 0.6 is 0 Å². The van der Waals surface area contributed by atoms with E-state index in [2.05, 4.69) is 30.6 Å². The fraction of sp³-hybridized carbons (Fsp3) is 0.735. The minimum atomic E-state index is -1.65. The van der Waals surface area contributed by atoms with Crippen molar-refractivity contribution in [3.8, 4) is 0 Å². The van der Waals surface area contributed by atoms with Gasteiger partial charge in [0.1, 0.15) is 37.6 Å². The Kier molecular flexibility index (Phi) is 39.5.